The zero-order chi connectivity index (χ0) is 18.0. The third-order valence-corrected chi connectivity index (χ3v) is 3.75. The predicted molar refractivity (Wildman–Crippen MR) is 85.5 cm³/mol. The van der Waals surface area contributed by atoms with E-state index in [1.807, 2.05) is 6.92 Å². The van der Waals surface area contributed by atoms with E-state index in [1.54, 1.807) is 6.07 Å². The van der Waals surface area contributed by atoms with Crippen molar-refractivity contribution in [1.29, 1.82) is 0 Å². The third-order valence-electron chi connectivity index (χ3n) is 3.75. The van der Waals surface area contributed by atoms with E-state index in [2.05, 4.69) is 20.4 Å². The number of aryl methyl sites for hydroxylation is 1. The lowest BCUT2D eigenvalue weighted by Crippen LogP contribution is -2.14. The monoisotopic (exact) mass is 351 g/mol. The first-order chi connectivity index (χ1) is 11.9. The topological polar surface area (TPSA) is 64.3 Å². The molecule has 2 heterocycles. The van der Waals surface area contributed by atoms with Crippen molar-refractivity contribution in [3.63, 3.8) is 0 Å². The molecule has 3 rings (SSSR count). The summed E-state index contributed by atoms with van der Waals surface area (Å²) >= 11 is 0. The molecule has 2 aromatic heterocycles. The molecule has 0 amide bonds. The van der Waals surface area contributed by atoms with E-state index in [-0.39, 0.29) is 17.9 Å². The van der Waals surface area contributed by atoms with Crippen LogP contribution < -0.4 is 10.1 Å². The van der Waals surface area contributed by atoms with Crippen molar-refractivity contribution in [3.8, 4) is 5.75 Å². The van der Waals surface area contributed by atoms with Crippen LogP contribution in [-0.2, 0) is 19.1 Å². The maximum absolute atomic E-state index is 13.3. The molecule has 0 unspecified atom stereocenters. The van der Waals surface area contributed by atoms with Gasteiger partial charge in [0.05, 0.1) is 12.7 Å². The van der Waals surface area contributed by atoms with Crippen molar-refractivity contribution in [2.75, 3.05) is 12.4 Å². The van der Waals surface area contributed by atoms with Gasteiger partial charge < -0.3 is 10.1 Å². The fourth-order valence-electron chi connectivity index (χ4n) is 2.45. The maximum atomic E-state index is 13.3. The second-order valence-electron chi connectivity index (χ2n) is 5.33. The summed E-state index contributed by atoms with van der Waals surface area (Å²) in [4.78, 5) is 8.33. The van der Waals surface area contributed by atoms with Gasteiger partial charge in [-0.05, 0) is 24.1 Å². The van der Waals surface area contributed by atoms with Crippen molar-refractivity contribution in [2.45, 2.75) is 26.1 Å². The number of ether oxygens (including phenoxy) is 1. The molecule has 0 spiro atoms. The quantitative estimate of drug-likeness (QED) is 0.764. The molecule has 0 bridgehead atoms. The van der Waals surface area contributed by atoms with Gasteiger partial charge in [-0.2, -0.15) is 27.8 Å². The van der Waals surface area contributed by atoms with Gasteiger partial charge in [-0.3, -0.25) is 0 Å². The van der Waals surface area contributed by atoms with Crippen LogP contribution in [0.1, 0.15) is 23.7 Å². The summed E-state index contributed by atoms with van der Waals surface area (Å²) in [6, 6.07) is 5.64. The molecule has 0 saturated heterocycles. The van der Waals surface area contributed by atoms with Crippen LogP contribution in [0.3, 0.4) is 0 Å². The number of nitrogens with one attached hydrogen (secondary N) is 1. The molecule has 6 nitrogen and oxygen atoms in total. The highest BCUT2D eigenvalue weighted by Crippen LogP contribution is 2.34. The van der Waals surface area contributed by atoms with Gasteiger partial charge in [0.2, 0.25) is 0 Å². The second-order valence-corrected chi connectivity index (χ2v) is 5.33. The Morgan fingerprint density at radius 1 is 1.24 bits per heavy atom. The normalized spacial score (nSPS) is 11.7. The summed E-state index contributed by atoms with van der Waals surface area (Å²) in [6.07, 6.45) is -2.45. The van der Waals surface area contributed by atoms with Crippen LogP contribution in [0.15, 0.2) is 30.6 Å². The Balaban J connectivity index is 1.93. The number of alkyl halides is 3. The Kier molecular flexibility index (Phi) is 4.47. The van der Waals surface area contributed by atoms with Gasteiger partial charge in [0.1, 0.15) is 17.9 Å². The van der Waals surface area contributed by atoms with E-state index in [9.17, 15) is 13.2 Å². The van der Waals surface area contributed by atoms with Crippen molar-refractivity contribution >= 4 is 11.6 Å². The summed E-state index contributed by atoms with van der Waals surface area (Å²) in [5.74, 6) is 1.09. The number of methoxy groups -OCH3 is 1. The number of anilines is 1. The lowest BCUT2D eigenvalue weighted by Gasteiger charge is -2.16. The highest BCUT2D eigenvalue weighted by Gasteiger charge is 2.33. The minimum absolute atomic E-state index is 0.0268. The standard InChI is InChI=1S/C16H16F3N5O/c1-3-11-6-14(24-15(23-11)21-9-22-24)20-8-10-4-5-12(25-2)7-13(10)16(17,18)19/h4-7,9,20H,3,8H2,1-2H3. The van der Waals surface area contributed by atoms with Gasteiger partial charge in [-0.25, -0.2) is 4.98 Å². The predicted octanol–water partition coefficient (Wildman–Crippen LogP) is 3.33. The Hall–Kier alpha value is -2.84. The van der Waals surface area contributed by atoms with Crippen molar-refractivity contribution in [3.05, 3.63) is 47.4 Å². The van der Waals surface area contributed by atoms with Crippen LogP contribution in [-0.4, -0.2) is 26.7 Å². The van der Waals surface area contributed by atoms with Crippen molar-refractivity contribution in [1.82, 2.24) is 19.6 Å². The van der Waals surface area contributed by atoms with E-state index in [1.165, 1.54) is 30.1 Å². The molecule has 3 aromatic rings. The Morgan fingerprint density at radius 2 is 2.04 bits per heavy atom. The number of aromatic nitrogens is 4. The third kappa shape index (κ3) is 3.49. The summed E-state index contributed by atoms with van der Waals surface area (Å²) in [5.41, 5.74) is 0.143. The Labute approximate surface area is 141 Å². The molecule has 25 heavy (non-hydrogen) atoms. The van der Waals surface area contributed by atoms with Gasteiger partial charge in [0, 0.05) is 18.3 Å². The number of rotatable bonds is 5. The van der Waals surface area contributed by atoms with Crippen LogP contribution in [0.2, 0.25) is 0 Å². The van der Waals surface area contributed by atoms with E-state index < -0.39 is 11.7 Å². The molecule has 0 aliphatic carbocycles. The summed E-state index contributed by atoms with van der Waals surface area (Å²) < 4.78 is 46.2. The number of fused-ring (bicyclic) bond motifs is 1. The lowest BCUT2D eigenvalue weighted by molar-refractivity contribution is -0.138. The molecule has 0 saturated carbocycles. The highest BCUT2D eigenvalue weighted by molar-refractivity contribution is 5.47. The molecule has 0 atom stereocenters. The zero-order valence-electron chi connectivity index (χ0n) is 13.6. The van der Waals surface area contributed by atoms with Gasteiger partial charge >= 0.3 is 6.18 Å². The minimum Gasteiger partial charge on any atom is -0.497 e. The van der Waals surface area contributed by atoms with E-state index in [0.717, 1.165) is 11.8 Å². The van der Waals surface area contributed by atoms with Crippen molar-refractivity contribution < 1.29 is 17.9 Å². The number of hydrogen-bond donors (Lipinski definition) is 1. The SMILES string of the molecule is CCc1cc(NCc2ccc(OC)cc2C(F)(F)F)n2ncnc2n1. The van der Waals surface area contributed by atoms with Crippen molar-refractivity contribution in [2.24, 2.45) is 0 Å². The molecule has 1 N–H and O–H groups in total. The Bertz CT molecular complexity index is 891. The largest absolute Gasteiger partial charge is 0.497 e. The molecule has 1 aromatic carbocycles. The smallest absolute Gasteiger partial charge is 0.416 e. The fourth-order valence-corrected chi connectivity index (χ4v) is 2.45. The second kappa shape index (κ2) is 6.58. The van der Waals surface area contributed by atoms with Crippen LogP contribution in [0.25, 0.3) is 5.78 Å². The molecule has 132 valence electrons. The van der Waals surface area contributed by atoms with Crippen LogP contribution in [0.4, 0.5) is 19.0 Å². The van der Waals surface area contributed by atoms with Gasteiger partial charge in [-0.1, -0.05) is 13.0 Å². The summed E-state index contributed by atoms with van der Waals surface area (Å²) in [6.45, 7) is 1.91. The van der Waals surface area contributed by atoms with Gasteiger partial charge in [0.25, 0.3) is 5.78 Å². The zero-order valence-corrected chi connectivity index (χ0v) is 13.6. The van der Waals surface area contributed by atoms with Crippen LogP contribution in [0, 0.1) is 0 Å². The Morgan fingerprint density at radius 3 is 2.72 bits per heavy atom. The van der Waals surface area contributed by atoms with Crippen LogP contribution >= 0.6 is 0 Å². The highest BCUT2D eigenvalue weighted by atomic mass is 19.4. The van der Waals surface area contributed by atoms with Gasteiger partial charge in [-0.15, -0.1) is 0 Å². The summed E-state index contributed by atoms with van der Waals surface area (Å²) in [5, 5.41) is 7.04. The first-order valence-corrected chi connectivity index (χ1v) is 7.60. The van der Waals surface area contributed by atoms with Gasteiger partial charge in [0.15, 0.2) is 0 Å². The average Bonchev–Trinajstić information content (AvgIpc) is 3.07. The maximum Gasteiger partial charge on any atom is 0.416 e. The molecular weight excluding hydrogens is 335 g/mol. The summed E-state index contributed by atoms with van der Waals surface area (Å²) in [7, 11) is 1.33. The number of hydrogen-bond acceptors (Lipinski definition) is 5. The first-order valence-electron chi connectivity index (χ1n) is 7.60. The number of benzene rings is 1. The first kappa shape index (κ1) is 17.0. The lowest BCUT2D eigenvalue weighted by atomic mass is 10.1. The molecular formula is C16H16F3N5O. The number of nitrogens with zero attached hydrogens (tertiary/aromatic N) is 4. The van der Waals surface area contributed by atoms with E-state index in [4.69, 9.17) is 4.74 Å². The van der Waals surface area contributed by atoms with E-state index in [0.29, 0.717) is 18.0 Å². The molecule has 0 aliphatic rings. The molecule has 0 fully saturated rings. The minimum atomic E-state index is -4.47. The molecule has 0 aliphatic heterocycles. The number of halogens is 3. The van der Waals surface area contributed by atoms with E-state index >= 15 is 0 Å². The average molecular weight is 351 g/mol. The fraction of sp³-hybridized carbons (Fsp3) is 0.312. The molecule has 0 radical (unpaired) electrons. The molecule has 9 heteroatoms. The van der Waals surface area contributed by atoms with Crippen LogP contribution in [0.5, 0.6) is 5.75 Å².